The largest absolute Gasteiger partial charge is 0.329 e. The maximum atomic E-state index is 6.19. The molecule has 0 amide bonds. The number of hydrogen-bond acceptors (Lipinski definition) is 2. The summed E-state index contributed by atoms with van der Waals surface area (Å²) in [5.41, 5.74) is 7.57. The minimum atomic E-state index is 0.316. The van der Waals surface area contributed by atoms with Crippen molar-refractivity contribution in [3.8, 4) is 0 Å². The summed E-state index contributed by atoms with van der Waals surface area (Å²) in [5.74, 6) is 0.886. The Bertz CT molecular complexity index is 596. The van der Waals surface area contributed by atoms with Gasteiger partial charge in [0.2, 0.25) is 0 Å². The lowest BCUT2D eigenvalue weighted by Crippen LogP contribution is -2.40. The number of nitrogens with zero attached hydrogens (tertiary/aromatic N) is 1. The highest BCUT2D eigenvalue weighted by Crippen LogP contribution is 2.35. The molecule has 1 aliphatic carbocycles. The Labute approximate surface area is 127 Å². The quantitative estimate of drug-likeness (QED) is 0.869. The molecule has 112 valence electrons. The van der Waals surface area contributed by atoms with E-state index < -0.39 is 0 Å². The summed E-state index contributed by atoms with van der Waals surface area (Å²) >= 11 is 0. The Kier molecular flexibility index (Phi) is 4.27. The maximum absolute atomic E-state index is 6.19. The molecule has 0 aromatic heterocycles. The molecule has 0 bridgehead atoms. The first-order valence-corrected chi connectivity index (χ1v) is 8.14. The van der Waals surface area contributed by atoms with Crippen molar-refractivity contribution in [1.82, 2.24) is 4.90 Å². The minimum absolute atomic E-state index is 0.316. The van der Waals surface area contributed by atoms with E-state index in [2.05, 4.69) is 61.2 Å². The van der Waals surface area contributed by atoms with Crippen molar-refractivity contribution in [2.24, 2.45) is 11.7 Å². The second-order valence-electron chi connectivity index (χ2n) is 6.55. The van der Waals surface area contributed by atoms with Crippen LogP contribution in [-0.2, 0) is 0 Å². The van der Waals surface area contributed by atoms with Gasteiger partial charge in [0.15, 0.2) is 0 Å². The second-order valence-corrected chi connectivity index (χ2v) is 6.55. The first-order chi connectivity index (χ1) is 10.2. The number of nitrogens with two attached hydrogens (primary N) is 1. The van der Waals surface area contributed by atoms with E-state index in [0.29, 0.717) is 18.6 Å². The van der Waals surface area contributed by atoms with Crippen LogP contribution < -0.4 is 5.73 Å². The third kappa shape index (κ3) is 3.12. The van der Waals surface area contributed by atoms with E-state index in [0.717, 1.165) is 5.92 Å². The summed E-state index contributed by atoms with van der Waals surface area (Å²) < 4.78 is 0. The molecular weight excluding hydrogens is 256 g/mol. The van der Waals surface area contributed by atoms with Crippen LogP contribution in [0.15, 0.2) is 42.5 Å². The summed E-state index contributed by atoms with van der Waals surface area (Å²) in [5, 5.41) is 2.65. The van der Waals surface area contributed by atoms with E-state index >= 15 is 0 Å². The van der Waals surface area contributed by atoms with E-state index in [4.69, 9.17) is 5.73 Å². The Morgan fingerprint density at radius 3 is 2.48 bits per heavy atom. The summed E-state index contributed by atoms with van der Waals surface area (Å²) in [4.78, 5) is 2.60. The smallest absolute Gasteiger partial charge is 0.0479 e. The van der Waals surface area contributed by atoms with Crippen molar-refractivity contribution in [2.75, 3.05) is 13.1 Å². The predicted octanol–water partition coefficient (Wildman–Crippen LogP) is 3.96. The zero-order valence-electron chi connectivity index (χ0n) is 13.1. The molecule has 2 nitrogen and oxygen atoms in total. The number of benzene rings is 2. The van der Waals surface area contributed by atoms with E-state index in [9.17, 15) is 0 Å². The van der Waals surface area contributed by atoms with Crippen molar-refractivity contribution in [3.05, 3.63) is 48.0 Å². The standard InChI is InChI=1S/C19H26N2/c1-14(2)21(13-15-10-11-15)19(12-20)18-9-5-7-16-6-3-4-8-17(16)18/h3-9,14-15,19H,10-13,20H2,1-2H3. The first kappa shape index (κ1) is 14.6. The fraction of sp³-hybridized carbons (Fsp3) is 0.474. The highest BCUT2D eigenvalue weighted by Gasteiger charge is 2.30. The molecule has 3 rings (SSSR count). The van der Waals surface area contributed by atoms with Gasteiger partial charge >= 0.3 is 0 Å². The highest BCUT2D eigenvalue weighted by molar-refractivity contribution is 5.86. The van der Waals surface area contributed by atoms with Gasteiger partial charge in [-0.3, -0.25) is 4.90 Å². The van der Waals surface area contributed by atoms with Gasteiger partial charge in [0.1, 0.15) is 0 Å². The van der Waals surface area contributed by atoms with Crippen molar-refractivity contribution >= 4 is 10.8 Å². The lowest BCUT2D eigenvalue weighted by atomic mass is 9.96. The van der Waals surface area contributed by atoms with Gasteiger partial charge in [0.25, 0.3) is 0 Å². The monoisotopic (exact) mass is 282 g/mol. The molecular formula is C19H26N2. The van der Waals surface area contributed by atoms with Gasteiger partial charge in [-0.15, -0.1) is 0 Å². The molecule has 0 aliphatic heterocycles. The number of rotatable bonds is 6. The Hall–Kier alpha value is -1.38. The normalized spacial score (nSPS) is 16.8. The topological polar surface area (TPSA) is 29.3 Å². The third-order valence-electron chi connectivity index (χ3n) is 4.64. The van der Waals surface area contributed by atoms with Gasteiger partial charge in [-0.1, -0.05) is 42.5 Å². The highest BCUT2D eigenvalue weighted by atomic mass is 15.2. The van der Waals surface area contributed by atoms with Crippen molar-refractivity contribution in [2.45, 2.75) is 38.8 Å². The number of hydrogen-bond donors (Lipinski definition) is 1. The fourth-order valence-electron chi connectivity index (χ4n) is 3.28. The summed E-state index contributed by atoms with van der Waals surface area (Å²) in [6, 6.07) is 16.1. The minimum Gasteiger partial charge on any atom is -0.329 e. The van der Waals surface area contributed by atoms with Gasteiger partial charge in [0.05, 0.1) is 0 Å². The lowest BCUT2D eigenvalue weighted by molar-refractivity contribution is 0.150. The Morgan fingerprint density at radius 2 is 1.81 bits per heavy atom. The van der Waals surface area contributed by atoms with Crippen LogP contribution in [0.3, 0.4) is 0 Å². The Morgan fingerprint density at radius 1 is 1.10 bits per heavy atom. The van der Waals surface area contributed by atoms with Gasteiger partial charge < -0.3 is 5.73 Å². The second kappa shape index (κ2) is 6.17. The molecule has 0 spiro atoms. The molecule has 1 saturated carbocycles. The van der Waals surface area contributed by atoms with Crippen LogP contribution in [0.2, 0.25) is 0 Å². The van der Waals surface area contributed by atoms with Gasteiger partial charge in [0, 0.05) is 25.2 Å². The van der Waals surface area contributed by atoms with Crippen LogP contribution in [-0.4, -0.2) is 24.0 Å². The zero-order valence-corrected chi connectivity index (χ0v) is 13.1. The molecule has 0 heterocycles. The van der Waals surface area contributed by atoms with E-state index in [1.165, 1.54) is 35.7 Å². The van der Waals surface area contributed by atoms with Crippen molar-refractivity contribution in [1.29, 1.82) is 0 Å². The molecule has 0 radical (unpaired) electrons. The summed E-state index contributed by atoms with van der Waals surface area (Å²) in [7, 11) is 0. The average Bonchev–Trinajstić information content (AvgIpc) is 3.31. The first-order valence-electron chi connectivity index (χ1n) is 8.14. The lowest BCUT2D eigenvalue weighted by Gasteiger charge is -2.35. The van der Waals surface area contributed by atoms with E-state index in [1.54, 1.807) is 0 Å². The van der Waals surface area contributed by atoms with Crippen molar-refractivity contribution < 1.29 is 0 Å². The van der Waals surface area contributed by atoms with Crippen molar-refractivity contribution in [3.63, 3.8) is 0 Å². The predicted molar refractivity (Wildman–Crippen MR) is 90.3 cm³/mol. The summed E-state index contributed by atoms with van der Waals surface area (Å²) in [6.07, 6.45) is 2.77. The van der Waals surface area contributed by atoms with Crippen LogP contribution in [0.4, 0.5) is 0 Å². The van der Waals surface area contributed by atoms with Gasteiger partial charge in [-0.25, -0.2) is 0 Å². The van der Waals surface area contributed by atoms with Crippen LogP contribution in [0, 0.1) is 5.92 Å². The van der Waals surface area contributed by atoms with Gasteiger partial charge in [-0.2, -0.15) is 0 Å². The zero-order chi connectivity index (χ0) is 14.8. The molecule has 0 saturated heterocycles. The van der Waals surface area contributed by atoms with Crippen LogP contribution in [0.1, 0.15) is 38.3 Å². The molecule has 2 heteroatoms. The van der Waals surface area contributed by atoms with E-state index in [-0.39, 0.29) is 0 Å². The van der Waals surface area contributed by atoms with Crippen LogP contribution >= 0.6 is 0 Å². The maximum Gasteiger partial charge on any atom is 0.0479 e. The average molecular weight is 282 g/mol. The molecule has 2 N–H and O–H groups in total. The van der Waals surface area contributed by atoms with E-state index in [1.807, 2.05) is 0 Å². The molecule has 2 aromatic rings. The molecule has 1 unspecified atom stereocenters. The molecule has 2 aromatic carbocycles. The van der Waals surface area contributed by atoms with Crippen LogP contribution in [0.25, 0.3) is 10.8 Å². The summed E-state index contributed by atoms with van der Waals surface area (Å²) in [6.45, 7) is 6.44. The Balaban J connectivity index is 1.99. The molecule has 1 atom stereocenters. The van der Waals surface area contributed by atoms with Gasteiger partial charge in [-0.05, 0) is 48.9 Å². The molecule has 1 aliphatic rings. The molecule has 21 heavy (non-hydrogen) atoms. The fourth-order valence-corrected chi connectivity index (χ4v) is 3.28. The SMILES string of the molecule is CC(C)N(CC1CC1)C(CN)c1cccc2ccccc12. The number of fused-ring (bicyclic) bond motifs is 1. The van der Waals surface area contributed by atoms with Crippen LogP contribution in [0.5, 0.6) is 0 Å². The third-order valence-corrected chi connectivity index (χ3v) is 4.64. The molecule has 1 fully saturated rings.